The quantitative estimate of drug-likeness (QED) is 0.910. The molecule has 21 heavy (non-hydrogen) atoms. The molecule has 1 unspecified atom stereocenters. The number of hydrogen-bond donors (Lipinski definition) is 1. The van der Waals surface area contributed by atoms with Gasteiger partial charge < -0.3 is 10.0 Å². The third kappa shape index (κ3) is 3.55. The molecule has 0 spiro atoms. The Morgan fingerprint density at radius 3 is 2.33 bits per heavy atom. The Morgan fingerprint density at radius 2 is 1.71 bits per heavy atom. The van der Waals surface area contributed by atoms with Crippen molar-refractivity contribution in [2.45, 2.75) is 13.0 Å². The monoisotopic (exact) mass is 295 g/mol. The summed E-state index contributed by atoms with van der Waals surface area (Å²) in [6.07, 6.45) is -1.18. The summed E-state index contributed by atoms with van der Waals surface area (Å²) in [5.74, 6) is -2.39. The van der Waals surface area contributed by atoms with E-state index in [0.29, 0.717) is 12.2 Å². The van der Waals surface area contributed by atoms with Gasteiger partial charge in [-0.15, -0.1) is 0 Å². The normalized spacial score (nSPS) is 12.2. The third-order valence-electron chi connectivity index (χ3n) is 3.31. The third-order valence-corrected chi connectivity index (χ3v) is 3.31. The van der Waals surface area contributed by atoms with Gasteiger partial charge in [0.2, 0.25) is 0 Å². The molecular formula is C16H16F3NO. The van der Waals surface area contributed by atoms with Crippen LogP contribution in [-0.2, 0) is 0 Å². The second-order valence-corrected chi connectivity index (χ2v) is 4.67. The molecule has 0 radical (unpaired) electrons. The molecule has 0 aliphatic carbocycles. The van der Waals surface area contributed by atoms with Gasteiger partial charge in [-0.05, 0) is 37.3 Å². The van der Waals surface area contributed by atoms with Crippen LogP contribution in [0.2, 0.25) is 0 Å². The molecule has 2 aromatic carbocycles. The smallest absolute Gasteiger partial charge is 0.164 e. The van der Waals surface area contributed by atoms with Crippen molar-refractivity contribution < 1.29 is 18.3 Å². The molecule has 0 amide bonds. The number of aliphatic hydroxyl groups excluding tert-OH is 1. The van der Waals surface area contributed by atoms with E-state index in [-0.39, 0.29) is 17.9 Å². The lowest BCUT2D eigenvalue weighted by Gasteiger charge is -2.26. The lowest BCUT2D eigenvalue weighted by atomic mass is 10.1. The van der Waals surface area contributed by atoms with Crippen molar-refractivity contribution in [1.29, 1.82) is 0 Å². The molecule has 2 rings (SSSR count). The van der Waals surface area contributed by atoms with Gasteiger partial charge in [-0.25, -0.2) is 13.2 Å². The molecule has 0 bridgehead atoms. The lowest BCUT2D eigenvalue weighted by molar-refractivity contribution is 0.177. The van der Waals surface area contributed by atoms with Gasteiger partial charge in [0.05, 0.1) is 6.10 Å². The van der Waals surface area contributed by atoms with Crippen molar-refractivity contribution in [3.8, 4) is 0 Å². The number of hydrogen-bond acceptors (Lipinski definition) is 2. The fourth-order valence-electron chi connectivity index (χ4n) is 2.15. The SMILES string of the molecule is CCN(CC(O)c1cccc(F)c1F)c1ccc(F)cc1. The summed E-state index contributed by atoms with van der Waals surface area (Å²) in [7, 11) is 0. The molecule has 0 heterocycles. The molecule has 112 valence electrons. The zero-order valence-electron chi connectivity index (χ0n) is 11.6. The summed E-state index contributed by atoms with van der Waals surface area (Å²) in [6.45, 7) is 2.49. The molecule has 0 aliphatic heterocycles. The lowest BCUT2D eigenvalue weighted by Crippen LogP contribution is -2.28. The van der Waals surface area contributed by atoms with Crippen molar-refractivity contribution in [2.24, 2.45) is 0 Å². The highest BCUT2D eigenvalue weighted by molar-refractivity contribution is 5.46. The summed E-state index contributed by atoms with van der Waals surface area (Å²) < 4.78 is 39.8. The minimum Gasteiger partial charge on any atom is -0.386 e. The van der Waals surface area contributed by atoms with Gasteiger partial charge in [0.15, 0.2) is 11.6 Å². The number of benzene rings is 2. The van der Waals surface area contributed by atoms with Crippen LogP contribution in [0.15, 0.2) is 42.5 Å². The molecule has 0 saturated carbocycles. The zero-order chi connectivity index (χ0) is 15.4. The highest BCUT2D eigenvalue weighted by Gasteiger charge is 2.18. The van der Waals surface area contributed by atoms with Crippen LogP contribution in [0.3, 0.4) is 0 Å². The fraction of sp³-hybridized carbons (Fsp3) is 0.250. The van der Waals surface area contributed by atoms with Crippen molar-refractivity contribution in [2.75, 3.05) is 18.0 Å². The molecule has 0 aliphatic rings. The summed E-state index contributed by atoms with van der Waals surface area (Å²) in [6, 6.07) is 9.48. The Bertz CT molecular complexity index is 601. The maximum absolute atomic E-state index is 13.7. The summed E-state index contributed by atoms with van der Waals surface area (Å²) >= 11 is 0. The Kier molecular flexibility index (Phi) is 4.85. The van der Waals surface area contributed by atoms with Gasteiger partial charge in [0.1, 0.15) is 5.82 Å². The van der Waals surface area contributed by atoms with E-state index in [0.717, 1.165) is 6.07 Å². The Hall–Kier alpha value is -2.01. The van der Waals surface area contributed by atoms with Crippen LogP contribution in [0, 0.1) is 17.5 Å². The van der Waals surface area contributed by atoms with E-state index in [2.05, 4.69) is 0 Å². The van der Waals surface area contributed by atoms with Gasteiger partial charge in [-0.3, -0.25) is 0 Å². The van der Waals surface area contributed by atoms with E-state index in [1.807, 2.05) is 6.92 Å². The van der Waals surface area contributed by atoms with Gasteiger partial charge in [0, 0.05) is 24.3 Å². The van der Waals surface area contributed by atoms with E-state index < -0.39 is 17.7 Å². The predicted octanol–water partition coefficient (Wildman–Crippen LogP) is 3.66. The van der Waals surface area contributed by atoms with E-state index >= 15 is 0 Å². The van der Waals surface area contributed by atoms with Crippen molar-refractivity contribution in [1.82, 2.24) is 0 Å². The highest BCUT2D eigenvalue weighted by atomic mass is 19.2. The maximum atomic E-state index is 13.7. The van der Waals surface area contributed by atoms with Crippen molar-refractivity contribution in [3.05, 3.63) is 65.5 Å². The predicted molar refractivity (Wildman–Crippen MR) is 75.6 cm³/mol. The molecule has 0 aromatic heterocycles. The van der Waals surface area contributed by atoms with Crippen LogP contribution >= 0.6 is 0 Å². The topological polar surface area (TPSA) is 23.5 Å². The van der Waals surface area contributed by atoms with Crippen molar-refractivity contribution in [3.63, 3.8) is 0 Å². The first kappa shape index (κ1) is 15.4. The first-order chi connectivity index (χ1) is 10.0. The number of nitrogens with zero attached hydrogens (tertiary/aromatic N) is 1. The summed E-state index contributed by atoms with van der Waals surface area (Å²) in [5.41, 5.74) is 0.616. The van der Waals surface area contributed by atoms with E-state index in [9.17, 15) is 18.3 Å². The summed E-state index contributed by atoms with van der Waals surface area (Å²) in [4.78, 5) is 1.76. The molecule has 1 atom stereocenters. The molecule has 2 nitrogen and oxygen atoms in total. The Morgan fingerprint density at radius 1 is 1.05 bits per heavy atom. The molecule has 5 heteroatoms. The average Bonchev–Trinajstić information content (AvgIpc) is 2.48. The number of anilines is 1. The van der Waals surface area contributed by atoms with E-state index in [1.165, 1.54) is 24.3 Å². The standard InChI is InChI=1S/C16H16F3NO/c1-2-20(12-8-6-11(17)7-9-12)10-15(21)13-4-3-5-14(18)16(13)19/h3-9,15,21H,2,10H2,1H3. The highest BCUT2D eigenvalue weighted by Crippen LogP contribution is 2.23. The zero-order valence-corrected chi connectivity index (χ0v) is 11.6. The number of likely N-dealkylation sites (N-methyl/N-ethyl adjacent to an activating group) is 1. The molecule has 0 fully saturated rings. The Balaban J connectivity index is 2.18. The molecule has 2 aromatic rings. The van der Waals surface area contributed by atoms with Crippen LogP contribution in [-0.4, -0.2) is 18.2 Å². The van der Waals surface area contributed by atoms with Crippen molar-refractivity contribution >= 4 is 5.69 Å². The first-order valence-electron chi connectivity index (χ1n) is 6.65. The van der Waals surface area contributed by atoms with Gasteiger partial charge in [-0.1, -0.05) is 12.1 Å². The maximum Gasteiger partial charge on any atom is 0.164 e. The van der Waals surface area contributed by atoms with Crippen LogP contribution < -0.4 is 4.90 Å². The van der Waals surface area contributed by atoms with E-state index in [4.69, 9.17) is 0 Å². The fourth-order valence-corrected chi connectivity index (χ4v) is 2.15. The first-order valence-corrected chi connectivity index (χ1v) is 6.65. The van der Waals surface area contributed by atoms with Gasteiger partial charge in [0.25, 0.3) is 0 Å². The summed E-state index contributed by atoms with van der Waals surface area (Å²) in [5, 5.41) is 10.1. The molecule has 1 N–H and O–H groups in total. The van der Waals surface area contributed by atoms with Gasteiger partial charge >= 0.3 is 0 Å². The van der Waals surface area contributed by atoms with Crippen LogP contribution in [0.25, 0.3) is 0 Å². The number of aliphatic hydroxyl groups is 1. The van der Waals surface area contributed by atoms with Crippen LogP contribution in [0.1, 0.15) is 18.6 Å². The Labute approximate surface area is 121 Å². The minimum absolute atomic E-state index is 0.0858. The van der Waals surface area contributed by atoms with Crippen LogP contribution in [0.5, 0.6) is 0 Å². The van der Waals surface area contributed by atoms with Gasteiger partial charge in [-0.2, -0.15) is 0 Å². The molecule has 0 saturated heterocycles. The number of halogens is 3. The largest absolute Gasteiger partial charge is 0.386 e. The minimum atomic E-state index is -1.18. The van der Waals surface area contributed by atoms with E-state index in [1.54, 1.807) is 17.0 Å². The molecular weight excluding hydrogens is 279 g/mol. The number of rotatable bonds is 5. The second-order valence-electron chi connectivity index (χ2n) is 4.67. The second kappa shape index (κ2) is 6.63. The average molecular weight is 295 g/mol. The van der Waals surface area contributed by atoms with Crippen LogP contribution in [0.4, 0.5) is 18.9 Å².